The smallest absolute Gasteiger partial charge is 0.264 e. The van der Waals surface area contributed by atoms with Crippen LogP contribution in [0.25, 0.3) is 0 Å². The van der Waals surface area contributed by atoms with E-state index >= 15 is 0 Å². The van der Waals surface area contributed by atoms with E-state index in [0.717, 1.165) is 34.1 Å². The topological polar surface area (TPSA) is 94.2 Å². The van der Waals surface area contributed by atoms with Gasteiger partial charge >= 0.3 is 0 Å². The van der Waals surface area contributed by atoms with E-state index in [1.807, 2.05) is 20.8 Å². The van der Waals surface area contributed by atoms with Gasteiger partial charge in [0.2, 0.25) is 5.91 Å². The zero-order chi connectivity index (χ0) is 27.0. The molecule has 0 atom stereocenters. The van der Waals surface area contributed by atoms with E-state index in [4.69, 9.17) is 14.2 Å². The van der Waals surface area contributed by atoms with Gasteiger partial charge in [0, 0.05) is 6.54 Å². The Morgan fingerprint density at radius 2 is 1.68 bits per heavy atom. The highest BCUT2D eigenvalue weighted by atomic mass is 32.2. The van der Waals surface area contributed by atoms with Crippen LogP contribution in [0.3, 0.4) is 0 Å². The fourth-order valence-corrected chi connectivity index (χ4v) is 4.91. The molecule has 0 aliphatic rings. The molecular formula is C27H31FN2O6S. The number of halogens is 1. The fourth-order valence-electron chi connectivity index (χ4n) is 3.48. The van der Waals surface area contributed by atoms with Crippen molar-refractivity contribution in [3.63, 3.8) is 0 Å². The molecule has 1 N–H and O–H groups in total. The van der Waals surface area contributed by atoms with Crippen molar-refractivity contribution in [1.29, 1.82) is 0 Å². The molecule has 0 saturated heterocycles. The number of amides is 1. The highest BCUT2D eigenvalue weighted by Crippen LogP contribution is 2.29. The lowest BCUT2D eigenvalue weighted by Crippen LogP contribution is -2.40. The van der Waals surface area contributed by atoms with Gasteiger partial charge in [0.15, 0.2) is 11.5 Å². The molecule has 37 heavy (non-hydrogen) atoms. The first kappa shape index (κ1) is 27.8. The van der Waals surface area contributed by atoms with Crippen molar-refractivity contribution in [2.45, 2.75) is 38.3 Å². The van der Waals surface area contributed by atoms with Gasteiger partial charge in [-0.15, -0.1) is 0 Å². The molecule has 0 fully saturated rings. The van der Waals surface area contributed by atoms with Crippen molar-refractivity contribution in [3.05, 3.63) is 78.1 Å². The average Bonchev–Trinajstić information content (AvgIpc) is 2.87. The van der Waals surface area contributed by atoms with Gasteiger partial charge in [0.05, 0.1) is 30.4 Å². The van der Waals surface area contributed by atoms with E-state index < -0.39 is 28.3 Å². The molecule has 0 bridgehead atoms. The first-order valence-electron chi connectivity index (χ1n) is 11.8. The number of rotatable bonds is 12. The molecule has 0 saturated carbocycles. The second-order valence-electron chi connectivity index (χ2n) is 8.32. The second-order valence-corrected chi connectivity index (χ2v) is 10.2. The van der Waals surface area contributed by atoms with Crippen LogP contribution < -0.4 is 23.8 Å². The molecule has 0 spiro atoms. The van der Waals surface area contributed by atoms with Gasteiger partial charge in [-0.3, -0.25) is 9.10 Å². The minimum Gasteiger partial charge on any atom is -0.494 e. The van der Waals surface area contributed by atoms with E-state index in [1.54, 1.807) is 42.5 Å². The fraction of sp³-hybridized carbons (Fsp3) is 0.296. The molecule has 3 aromatic carbocycles. The Morgan fingerprint density at radius 1 is 1.00 bits per heavy atom. The van der Waals surface area contributed by atoms with Crippen LogP contribution in [-0.4, -0.2) is 40.7 Å². The van der Waals surface area contributed by atoms with Gasteiger partial charge in [-0.25, -0.2) is 12.8 Å². The first-order valence-corrected chi connectivity index (χ1v) is 13.2. The predicted octanol–water partition coefficient (Wildman–Crippen LogP) is 4.53. The summed E-state index contributed by atoms with van der Waals surface area (Å²) in [7, 11) is -2.65. The van der Waals surface area contributed by atoms with E-state index in [2.05, 4.69) is 5.32 Å². The summed E-state index contributed by atoms with van der Waals surface area (Å²) in [5.74, 6) is 0.578. The van der Waals surface area contributed by atoms with Crippen molar-refractivity contribution in [3.8, 4) is 17.2 Å². The summed E-state index contributed by atoms with van der Waals surface area (Å²) < 4.78 is 57.8. The summed E-state index contributed by atoms with van der Waals surface area (Å²) in [6, 6.07) is 16.1. The summed E-state index contributed by atoms with van der Waals surface area (Å²) in [6.45, 7) is 5.76. The third-order valence-electron chi connectivity index (χ3n) is 5.20. The molecule has 8 nitrogen and oxygen atoms in total. The second kappa shape index (κ2) is 12.4. The Labute approximate surface area is 217 Å². The number of nitrogens with one attached hydrogen (secondary N) is 1. The molecule has 0 aliphatic heterocycles. The number of sulfonamides is 1. The van der Waals surface area contributed by atoms with Gasteiger partial charge in [0.25, 0.3) is 10.0 Å². The minimum absolute atomic E-state index is 0.0314. The number of hydrogen-bond donors (Lipinski definition) is 1. The molecule has 0 aromatic heterocycles. The number of methoxy groups -OCH3 is 1. The van der Waals surface area contributed by atoms with Crippen LogP contribution in [0.2, 0.25) is 0 Å². The van der Waals surface area contributed by atoms with E-state index in [0.29, 0.717) is 23.9 Å². The summed E-state index contributed by atoms with van der Waals surface area (Å²) in [6.07, 6.45) is -0.0314. The molecule has 3 rings (SSSR count). The van der Waals surface area contributed by atoms with Gasteiger partial charge < -0.3 is 19.5 Å². The third-order valence-corrected chi connectivity index (χ3v) is 6.99. The van der Waals surface area contributed by atoms with Crippen LogP contribution in [-0.2, 0) is 21.4 Å². The minimum atomic E-state index is -4.17. The monoisotopic (exact) mass is 530 g/mol. The Hall–Kier alpha value is -3.79. The van der Waals surface area contributed by atoms with Gasteiger partial charge in [-0.1, -0.05) is 6.07 Å². The van der Waals surface area contributed by atoms with Crippen LogP contribution in [0, 0.1) is 5.82 Å². The summed E-state index contributed by atoms with van der Waals surface area (Å²) >= 11 is 0. The Balaban J connectivity index is 1.81. The SMILES string of the molecule is CCOc1ccc(N(CC(=O)NCc2ccc(OC(C)C)c(OC)c2)S(=O)(=O)c2ccc(F)cc2)cc1. The molecule has 0 heterocycles. The lowest BCUT2D eigenvalue weighted by atomic mass is 10.2. The van der Waals surface area contributed by atoms with Crippen LogP contribution in [0.15, 0.2) is 71.6 Å². The van der Waals surface area contributed by atoms with Crippen molar-refractivity contribution < 1.29 is 31.8 Å². The first-order chi connectivity index (χ1) is 17.6. The maximum Gasteiger partial charge on any atom is 0.264 e. The molecule has 1 amide bonds. The maximum absolute atomic E-state index is 13.4. The quantitative estimate of drug-likeness (QED) is 0.370. The summed E-state index contributed by atoms with van der Waals surface area (Å²) in [5.41, 5.74) is 1.01. The van der Waals surface area contributed by atoms with Crippen LogP contribution >= 0.6 is 0 Å². The molecule has 10 heteroatoms. The Bertz CT molecular complexity index is 1300. The number of ether oxygens (including phenoxy) is 3. The summed E-state index contributed by atoms with van der Waals surface area (Å²) in [5, 5.41) is 2.75. The normalized spacial score (nSPS) is 11.2. The average molecular weight is 531 g/mol. The van der Waals surface area contributed by atoms with Crippen molar-refractivity contribution in [2.24, 2.45) is 0 Å². The number of hydrogen-bond acceptors (Lipinski definition) is 6. The molecular weight excluding hydrogens is 499 g/mol. The summed E-state index contributed by atoms with van der Waals surface area (Å²) in [4.78, 5) is 12.8. The lowest BCUT2D eigenvalue weighted by molar-refractivity contribution is -0.119. The van der Waals surface area contributed by atoms with E-state index in [9.17, 15) is 17.6 Å². The zero-order valence-electron chi connectivity index (χ0n) is 21.2. The van der Waals surface area contributed by atoms with Gasteiger partial charge in [-0.05, 0) is 87.0 Å². The van der Waals surface area contributed by atoms with Crippen LogP contribution in [0.1, 0.15) is 26.3 Å². The van der Waals surface area contributed by atoms with Crippen molar-refractivity contribution >= 4 is 21.6 Å². The van der Waals surface area contributed by atoms with E-state index in [1.165, 1.54) is 7.11 Å². The van der Waals surface area contributed by atoms with Gasteiger partial charge in [-0.2, -0.15) is 0 Å². The standard InChI is InChI=1S/C27H31FN2O6S/c1-5-35-23-11-9-22(10-12-23)30(37(32,33)24-13-7-21(28)8-14-24)18-27(31)29-17-20-6-15-25(36-19(2)3)26(16-20)34-4/h6-16,19H,5,17-18H2,1-4H3,(H,29,31). The predicted molar refractivity (Wildman–Crippen MR) is 139 cm³/mol. The number of nitrogens with zero attached hydrogens (tertiary/aromatic N) is 1. The van der Waals surface area contributed by atoms with Crippen molar-refractivity contribution in [1.82, 2.24) is 5.32 Å². The number of carbonyl (C=O) groups excluding carboxylic acids is 1. The number of carbonyl (C=O) groups is 1. The number of benzene rings is 3. The van der Waals surface area contributed by atoms with Crippen LogP contribution in [0.4, 0.5) is 10.1 Å². The molecule has 0 radical (unpaired) electrons. The molecule has 0 unspecified atom stereocenters. The zero-order valence-corrected chi connectivity index (χ0v) is 22.0. The molecule has 3 aromatic rings. The Kier molecular flexibility index (Phi) is 9.35. The highest BCUT2D eigenvalue weighted by Gasteiger charge is 2.27. The molecule has 0 aliphatic carbocycles. The number of anilines is 1. The lowest BCUT2D eigenvalue weighted by Gasteiger charge is -2.24. The van der Waals surface area contributed by atoms with Crippen LogP contribution in [0.5, 0.6) is 17.2 Å². The van der Waals surface area contributed by atoms with Crippen molar-refractivity contribution in [2.75, 3.05) is 24.6 Å². The largest absolute Gasteiger partial charge is 0.494 e. The van der Waals surface area contributed by atoms with Gasteiger partial charge in [0.1, 0.15) is 18.1 Å². The maximum atomic E-state index is 13.4. The highest BCUT2D eigenvalue weighted by molar-refractivity contribution is 7.92. The van der Waals surface area contributed by atoms with E-state index in [-0.39, 0.29) is 23.2 Å². The Morgan fingerprint density at radius 3 is 2.27 bits per heavy atom. The third kappa shape index (κ3) is 7.36. The molecule has 198 valence electrons.